The number of hydrogen-bond donors (Lipinski definition) is 1. The lowest BCUT2D eigenvalue weighted by atomic mass is 10.1. The van der Waals surface area contributed by atoms with Gasteiger partial charge in [-0.05, 0) is 37.3 Å². The molecule has 3 heteroatoms. The summed E-state index contributed by atoms with van der Waals surface area (Å²) in [5, 5.41) is 9.18. The van der Waals surface area contributed by atoms with Crippen molar-refractivity contribution in [1.29, 1.82) is 0 Å². The van der Waals surface area contributed by atoms with E-state index in [1.54, 1.807) is 0 Å². The third-order valence-corrected chi connectivity index (χ3v) is 2.58. The molecule has 0 aliphatic heterocycles. The summed E-state index contributed by atoms with van der Waals surface area (Å²) in [5.74, 6) is 1.23. The van der Waals surface area contributed by atoms with Crippen LogP contribution in [0.25, 0.3) is 0 Å². The van der Waals surface area contributed by atoms with Crippen LogP contribution in [0, 0.1) is 5.92 Å². The summed E-state index contributed by atoms with van der Waals surface area (Å²) in [6.45, 7) is 8.48. The van der Waals surface area contributed by atoms with E-state index < -0.39 is 0 Å². The largest absolute Gasteiger partial charge is 0.475 e. The fourth-order valence-electron chi connectivity index (χ4n) is 1.87. The van der Waals surface area contributed by atoms with Gasteiger partial charge in [0, 0.05) is 11.8 Å². The molecule has 0 bridgehead atoms. The van der Waals surface area contributed by atoms with E-state index in [0.717, 1.165) is 24.1 Å². The Bertz CT molecular complexity index is 328. The van der Waals surface area contributed by atoms with Crippen LogP contribution in [0.5, 0.6) is 5.88 Å². The summed E-state index contributed by atoms with van der Waals surface area (Å²) in [4.78, 5) is 4.41. The highest BCUT2D eigenvalue weighted by Gasteiger charge is 2.09. The molecule has 0 aliphatic carbocycles. The van der Waals surface area contributed by atoms with E-state index in [2.05, 4.69) is 25.8 Å². The molecule has 0 amide bonds. The Morgan fingerprint density at radius 2 is 2.00 bits per heavy atom. The first-order chi connectivity index (χ1) is 8.05. The van der Waals surface area contributed by atoms with Crippen molar-refractivity contribution in [1.82, 2.24) is 4.98 Å². The SMILES string of the molecule is CCc1cc(CO)cc(OC(C)CC(C)C)n1. The molecule has 1 heterocycles. The normalized spacial score (nSPS) is 12.8. The highest BCUT2D eigenvalue weighted by atomic mass is 16.5. The first-order valence-corrected chi connectivity index (χ1v) is 6.32. The average molecular weight is 237 g/mol. The van der Waals surface area contributed by atoms with Crippen LogP contribution < -0.4 is 4.74 Å². The van der Waals surface area contributed by atoms with Crippen molar-refractivity contribution in [3.05, 3.63) is 23.4 Å². The van der Waals surface area contributed by atoms with Gasteiger partial charge >= 0.3 is 0 Å². The van der Waals surface area contributed by atoms with Crippen molar-refractivity contribution >= 4 is 0 Å². The van der Waals surface area contributed by atoms with E-state index in [4.69, 9.17) is 4.74 Å². The number of nitrogens with zero attached hydrogens (tertiary/aromatic N) is 1. The second-order valence-electron chi connectivity index (χ2n) is 4.87. The maximum Gasteiger partial charge on any atom is 0.214 e. The molecule has 0 spiro atoms. The zero-order chi connectivity index (χ0) is 12.8. The number of aromatic nitrogens is 1. The van der Waals surface area contributed by atoms with Crippen LogP contribution in [0.4, 0.5) is 0 Å². The molecule has 3 nitrogen and oxygen atoms in total. The lowest BCUT2D eigenvalue weighted by molar-refractivity contribution is 0.184. The molecule has 0 saturated carbocycles. The van der Waals surface area contributed by atoms with Crippen LogP contribution in [0.15, 0.2) is 12.1 Å². The first kappa shape index (κ1) is 14.0. The second kappa shape index (κ2) is 6.60. The van der Waals surface area contributed by atoms with Gasteiger partial charge in [0.05, 0.1) is 12.7 Å². The molecule has 0 fully saturated rings. The number of rotatable bonds is 6. The highest BCUT2D eigenvalue weighted by Crippen LogP contribution is 2.17. The van der Waals surface area contributed by atoms with Gasteiger partial charge in [0.25, 0.3) is 0 Å². The maximum atomic E-state index is 9.18. The summed E-state index contributed by atoms with van der Waals surface area (Å²) >= 11 is 0. The van der Waals surface area contributed by atoms with Gasteiger partial charge in [-0.2, -0.15) is 0 Å². The number of aryl methyl sites for hydroxylation is 1. The molecular formula is C14H23NO2. The van der Waals surface area contributed by atoms with Crippen LogP contribution in [0.3, 0.4) is 0 Å². The van der Waals surface area contributed by atoms with E-state index >= 15 is 0 Å². The lowest BCUT2D eigenvalue weighted by Crippen LogP contribution is -2.15. The number of ether oxygens (including phenoxy) is 1. The quantitative estimate of drug-likeness (QED) is 0.827. The first-order valence-electron chi connectivity index (χ1n) is 6.32. The van der Waals surface area contributed by atoms with E-state index in [9.17, 15) is 5.11 Å². The maximum absolute atomic E-state index is 9.18. The lowest BCUT2D eigenvalue weighted by Gasteiger charge is -2.16. The molecule has 0 radical (unpaired) electrons. The van der Waals surface area contributed by atoms with E-state index in [0.29, 0.717) is 11.8 Å². The summed E-state index contributed by atoms with van der Waals surface area (Å²) < 4.78 is 5.79. The van der Waals surface area contributed by atoms with Gasteiger partial charge in [0.15, 0.2) is 0 Å². The molecule has 1 aromatic rings. The molecule has 17 heavy (non-hydrogen) atoms. The van der Waals surface area contributed by atoms with E-state index in [1.165, 1.54) is 0 Å². The highest BCUT2D eigenvalue weighted by molar-refractivity contribution is 5.24. The predicted molar refractivity (Wildman–Crippen MR) is 69.1 cm³/mol. The molecule has 1 unspecified atom stereocenters. The van der Waals surface area contributed by atoms with Crippen molar-refractivity contribution in [3.63, 3.8) is 0 Å². The van der Waals surface area contributed by atoms with Crippen molar-refractivity contribution in [2.75, 3.05) is 0 Å². The molecule has 1 atom stereocenters. The van der Waals surface area contributed by atoms with Crippen LogP contribution in [0.2, 0.25) is 0 Å². The van der Waals surface area contributed by atoms with Crippen LogP contribution in [0.1, 0.15) is 45.4 Å². The summed E-state index contributed by atoms with van der Waals surface area (Å²) in [5.41, 5.74) is 1.83. The molecule has 1 rings (SSSR count). The molecule has 0 aliphatic rings. The van der Waals surface area contributed by atoms with Crippen molar-refractivity contribution in [3.8, 4) is 5.88 Å². The standard InChI is InChI=1S/C14H23NO2/c1-5-13-7-12(9-16)8-14(15-13)17-11(4)6-10(2)3/h7-8,10-11,16H,5-6,9H2,1-4H3. The van der Waals surface area contributed by atoms with E-state index in [-0.39, 0.29) is 12.7 Å². The molecule has 96 valence electrons. The Hall–Kier alpha value is -1.09. The third-order valence-electron chi connectivity index (χ3n) is 2.58. The number of pyridine rings is 1. The molecular weight excluding hydrogens is 214 g/mol. The molecule has 1 aromatic heterocycles. The zero-order valence-electron chi connectivity index (χ0n) is 11.2. The molecule has 0 saturated heterocycles. The van der Waals surface area contributed by atoms with Gasteiger partial charge in [-0.3, -0.25) is 0 Å². The molecule has 0 aromatic carbocycles. The Morgan fingerprint density at radius 3 is 2.53 bits per heavy atom. The molecule has 1 N–H and O–H groups in total. The number of aliphatic hydroxyl groups is 1. The van der Waals surface area contributed by atoms with Gasteiger partial charge < -0.3 is 9.84 Å². The average Bonchev–Trinajstić information content (AvgIpc) is 2.27. The topological polar surface area (TPSA) is 42.4 Å². The van der Waals surface area contributed by atoms with Gasteiger partial charge in [0.1, 0.15) is 0 Å². The minimum absolute atomic E-state index is 0.0322. The second-order valence-corrected chi connectivity index (χ2v) is 4.87. The Kier molecular flexibility index (Phi) is 5.42. The fraction of sp³-hybridized carbons (Fsp3) is 0.643. The predicted octanol–water partition coefficient (Wildman–Crippen LogP) is 2.95. The Labute approximate surface area is 104 Å². The van der Waals surface area contributed by atoms with Gasteiger partial charge in [-0.25, -0.2) is 4.98 Å². The fourth-order valence-corrected chi connectivity index (χ4v) is 1.87. The summed E-state index contributed by atoms with van der Waals surface area (Å²) in [6, 6.07) is 3.73. The minimum Gasteiger partial charge on any atom is -0.475 e. The van der Waals surface area contributed by atoms with Crippen LogP contribution in [-0.4, -0.2) is 16.2 Å². The zero-order valence-corrected chi connectivity index (χ0v) is 11.2. The number of hydrogen-bond acceptors (Lipinski definition) is 3. The summed E-state index contributed by atoms with van der Waals surface area (Å²) in [7, 11) is 0. The van der Waals surface area contributed by atoms with E-state index in [1.807, 2.05) is 19.1 Å². The van der Waals surface area contributed by atoms with Crippen molar-refractivity contribution < 1.29 is 9.84 Å². The minimum atomic E-state index is 0.0322. The Morgan fingerprint density at radius 1 is 1.29 bits per heavy atom. The monoisotopic (exact) mass is 237 g/mol. The third kappa shape index (κ3) is 4.73. The Balaban J connectivity index is 2.75. The van der Waals surface area contributed by atoms with Gasteiger partial charge in [-0.15, -0.1) is 0 Å². The van der Waals surface area contributed by atoms with Crippen LogP contribution >= 0.6 is 0 Å². The van der Waals surface area contributed by atoms with Gasteiger partial charge in [0.2, 0.25) is 5.88 Å². The van der Waals surface area contributed by atoms with Crippen LogP contribution in [-0.2, 0) is 13.0 Å². The van der Waals surface area contributed by atoms with Crippen molar-refractivity contribution in [2.45, 2.75) is 53.2 Å². The number of aliphatic hydroxyl groups excluding tert-OH is 1. The van der Waals surface area contributed by atoms with Crippen molar-refractivity contribution in [2.24, 2.45) is 5.92 Å². The van der Waals surface area contributed by atoms with Gasteiger partial charge in [-0.1, -0.05) is 20.8 Å². The smallest absolute Gasteiger partial charge is 0.214 e. The summed E-state index contributed by atoms with van der Waals surface area (Å²) in [6.07, 6.45) is 2.01.